The fourth-order valence-electron chi connectivity index (χ4n) is 1.87. The number of carbonyl (C=O) groups excluding carboxylic acids is 1. The molecule has 0 atom stereocenters. The molecule has 0 saturated carbocycles. The number of rotatable bonds is 3. The molecule has 2 rings (SSSR count). The molecule has 0 aliphatic carbocycles. The van der Waals surface area contributed by atoms with Gasteiger partial charge in [-0.15, -0.1) is 0 Å². The van der Waals surface area contributed by atoms with E-state index in [1.807, 2.05) is 67.6 Å². The minimum atomic E-state index is -0.712. The van der Waals surface area contributed by atoms with Crippen molar-refractivity contribution in [1.82, 2.24) is 0 Å². The lowest BCUT2D eigenvalue weighted by Gasteiger charge is -2.09. The summed E-state index contributed by atoms with van der Waals surface area (Å²) < 4.78 is 10.2. The number of amides is 1. The highest BCUT2D eigenvalue weighted by atomic mass is 16.5. The number of hydrogen-bond donors (Lipinski definition) is 0. The van der Waals surface area contributed by atoms with E-state index in [4.69, 9.17) is 4.74 Å². The van der Waals surface area contributed by atoms with Crippen molar-refractivity contribution in [2.75, 3.05) is 13.7 Å². The summed E-state index contributed by atoms with van der Waals surface area (Å²) in [7, 11) is 1.28. The predicted molar refractivity (Wildman–Crippen MR) is 90.0 cm³/mol. The Hall–Kier alpha value is -2.95. The van der Waals surface area contributed by atoms with E-state index in [0.29, 0.717) is 18.1 Å². The van der Waals surface area contributed by atoms with Crippen molar-refractivity contribution in [3.63, 3.8) is 0 Å². The lowest BCUT2D eigenvalue weighted by molar-refractivity contribution is 0.182. The van der Waals surface area contributed by atoms with Crippen LogP contribution in [0.2, 0.25) is 0 Å². The van der Waals surface area contributed by atoms with Crippen molar-refractivity contribution in [3.8, 4) is 0 Å². The molecule has 0 saturated heterocycles. The summed E-state index contributed by atoms with van der Waals surface area (Å²) in [5.74, 6) is 0.643. The van der Waals surface area contributed by atoms with E-state index in [9.17, 15) is 4.79 Å². The average Bonchev–Trinajstić information content (AvgIpc) is 2.62. The summed E-state index contributed by atoms with van der Waals surface area (Å²) in [5, 5.41) is 0. The molecular formula is C18H18N2O3. The van der Waals surface area contributed by atoms with Crippen molar-refractivity contribution >= 4 is 17.8 Å². The summed E-state index contributed by atoms with van der Waals surface area (Å²) in [6, 6.07) is 18.7. The topological polar surface area (TPSA) is 60.2 Å². The fraction of sp³-hybridized carbons (Fsp3) is 0.167. The van der Waals surface area contributed by atoms with Crippen LogP contribution < -0.4 is 0 Å². The first-order valence-electron chi connectivity index (χ1n) is 7.23. The monoisotopic (exact) mass is 310 g/mol. The summed E-state index contributed by atoms with van der Waals surface area (Å²) in [6.07, 6.45) is -0.712. The Labute approximate surface area is 135 Å². The molecule has 0 aliphatic heterocycles. The molecule has 0 bridgehead atoms. The van der Waals surface area contributed by atoms with Gasteiger partial charge >= 0.3 is 6.09 Å². The zero-order valence-corrected chi connectivity index (χ0v) is 13.1. The molecule has 0 spiro atoms. The number of ether oxygens (including phenoxy) is 2. The van der Waals surface area contributed by atoms with Crippen LogP contribution in [-0.2, 0) is 9.47 Å². The molecule has 0 N–H and O–H groups in total. The predicted octanol–water partition coefficient (Wildman–Crippen LogP) is 3.68. The van der Waals surface area contributed by atoms with Crippen LogP contribution in [0, 0.1) is 0 Å². The van der Waals surface area contributed by atoms with E-state index in [-0.39, 0.29) is 5.84 Å². The molecule has 5 nitrogen and oxygen atoms in total. The van der Waals surface area contributed by atoms with Crippen molar-refractivity contribution in [2.24, 2.45) is 9.98 Å². The van der Waals surface area contributed by atoms with Gasteiger partial charge in [-0.25, -0.2) is 4.79 Å². The van der Waals surface area contributed by atoms with Crippen molar-refractivity contribution in [1.29, 1.82) is 0 Å². The molecule has 0 unspecified atom stereocenters. The van der Waals surface area contributed by atoms with Gasteiger partial charge in [0, 0.05) is 11.1 Å². The fourth-order valence-corrected chi connectivity index (χ4v) is 1.87. The second-order valence-corrected chi connectivity index (χ2v) is 4.49. The van der Waals surface area contributed by atoms with Crippen molar-refractivity contribution in [2.45, 2.75) is 6.92 Å². The van der Waals surface area contributed by atoms with Crippen LogP contribution in [0.5, 0.6) is 0 Å². The van der Waals surface area contributed by atoms with Crippen LogP contribution in [0.25, 0.3) is 0 Å². The first kappa shape index (κ1) is 16.4. The number of methoxy groups -OCH3 is 1. The molecule has 118 valence electrons. The van der Waals surface area contributed by atoms with Crippen LogP contribution >= 0.6 is 0 Å². The molecule has 0 aromatic heterocycles. The van der Waals surface area contributed by atoms with Crippen LogP contribution in [-0.4, -0.2) is 31.5 Å². The van der Waals surface area contributed by atoms with Crippen LogP contribution in [0.3, 0.4) is 0 Å². The number of amidine groups is 1. The second-order valence-electron chi connectivity index (χ2n) is 4.49. The third-order valence-electron chi connectivity index (χ3n) is 2.91. The Morgan fingerprint density at radius 2 is 1.48 bits per heavy atom. The highest BCUT2D eigenvalue weighted by Crippen LogP contribution is 2.08. The summed E-state index contributed by atoms with van der Waals surface area (Å²) in [6.45, 7) is 2.33. The molecule has 0 aliphatic rings. The number of nitrogens with zero attached hydrogens (tertiary/aromatic N) is 2. The smallest absolute Gasteiger partial charge is 0.435 e. The minimum absolute atomic E-state index is 0.241. The van der Waals surface area contributed by atoms with Crippen molar-refractivity contribution < 1.29 is 14.3 Å². The third-order valence-corrected chi connectivity index (χ3v) is 2.91. The summed E-state index contributed by atoms with van der Waals surface area (Å²) in [5.41, 5.74) is 1.51. The highest BCUT2D eigenvalue weighted by Gasteiger charge is 2.10. The standard InChI is InChI=1S/C18H18N2O3/c1-3-23-17(15-12-8-5-9-13-15)19-16(20-18(21)22-2)14-10-6-4-7-11-14/h4-13H,3H2,1-2H3/b19-17?,20-16+. The number of hydrogen-bond acceptors (Lipinski definition) is 3. The number of aliphatic imine (C=N–C) groups is 2. The van der Waals surface area contributed by atoms with Crippen LogP contribution in [0.4, 0.5) is 4.79 Å². The maximum atomic E-state index is 11.6. The van der Waals surface area contributed by atoms with Crippen molar-refractivity contribution in [3.05, 3.63) is 71.8 Å². The Kier molecular flexibility index (Phi) is 6.06. The SMILES string of the molecule is CCOC(=N/C(=N/C(=O)OC)c1ccccc1)c1ccccc1. The van der Waals surface area contributed by atoms with Gasteiger partial charge < -0.3 is 9.47 Å². The number of benzene rings is 2. The van der Waals surface area contributed by atoms with E-state index < -0.39 is 6.09 Å². The Morgan fingerprint density at radius 3 is 2.00 bits per heavy atom. The Bertz CT molecular complexity index is 695. The third kappa shape index (κ3) is 4.78. The largest absolute Gasteiger partial charge is 0.477 e. The molecule has 2 aromatic rings. The maximum absolute atomic E-state index is 11.6. The molecule has 2 aromatic carbocycles. The van der Waals surface area contributed by atoms with E-state index in [2.05, 4.69) is 14.7 Å². The second kappa shape index (κ2) is 8.48. The van der Waals surface area contributed by atoms with Crippen LogP contribution in [0.15, 0.2) is 70.6 Å². The Balaban J connectivity index is 2.49. The molecule has 1 amide bonds. The Morgan fingerprint density at radius 1 is 0.913 bits per heavy atom. The van der Waals surface area contributed by atoms with Gasteiger partial charge in [0.25, 0.3) is 0 Å². The van der Waals surface area contributed by atoms with Gasteiger partial charge in [0.2, 0.25) is 5.90 Å². The molecule has 23 heavy (non-hydrogen) atoms. The summed E-state index contributed by atoms with van der Waals surface area (Å²) >= 11 is 0. The quantitative estimate of drug-likeness (QED) is 0.642. The molecule has 0 radical (unpaired) electrons. The average molecular weight is 310 g/mol. The van der Waals surface area contributed by atoms with Gasteiger partial charge in [0.05, 0.1) is 13.7 Å². The highest BCUT2D eigenvalue weighted by molar-refractivity contribution is 6.12. The molecular weight excluding hydrogens is 292 g/mol. The molecule has 0 fully saturated rings. The first-order valence-corrected chi connectivity index (χ1v) is 7.23. The molecule has 5 heteroatoms. The van der Waals surface area contributed by atoms with E-state index >= 15 is 0 Å². The maximum Gasteiger partial charge on any atom is 0.435 e. The van der Waals surface area contributed by atoms with Gasteiger partial charge in [-0.2, -0.15) is 9.98 Å². The lowest BCUT2D eigenvalue weighted by atomic mass is 10.2. The van der Waals surface area contributed by atoms with E-state index in [1.165, 1.54) is 7.11 Å². The molecule has 0 heterocycles. The van der Waals surface area contributed by atoms with Gasteiger partial charge in [-0.1, -0.05) is 48.5 Å². The number of carbonyl (C=O) groups is 1. The van der Waals surface area contributed by atoms with Gasteiger partial charge in [-0.3, -0.25) is 0 Å². The normalized spacial score (nSPS) is 11.9. The van der Waals surface area contributed by atoms with Crippen LogP contribution in [0.1, 0.15) is 18.1 Å². The van der Waals surface area contributed by atoms with E-state index in [0.717, 1.165) is 5.56 Å². The van der Waals surface area contributed by atoms with Gasteiger partial charge in [0.1, 0.15) is 0 Å². The van der Waals surface area contributed by atoms with Gasteiger partial charge in [-0.05, 0) is 19.1 Å². The zero-order chi connectivity index (χ0) is 16.5. The van der Waals surface area contributed by atoms with E-state index in [1.54, 1.807) is 0 Å². The lowest BCUT2D eigenvalue weighted by Crippen LogP contribution is -2.12. The summed E-state index contributed by atoms with van der Waals surface area (Å²) in [4.78, 5) is 19.9. The zero-order valence-electron chi connectivity index (χ0n) is 13.1. The first-order chi connectivity index (χ1) is 11.2. The van der Waals surface area contributed by atoms with Gasteiger partial charge in [0.15, 0.2) is 5.84 Å². The minimum Gasteiger partial charge on any atom is -0.477 e.